The van der Waals surface area contributed by atoms with Gasteiger partial charge in [0.2, 0.25) is 0 Å². The molecule has 1 aliphatic heterocycles. The average molecular weight is 270 g/mol. The number of nitrogens with zero attached hydrogens (tertiary/aromatic N) is 1. The van der Waals surface area contributed by atoms with Crippen molar-refractivity contribution >= 4 is 0 Å². The molecule has 0 aliphatic carbocycles. The van der Waals surface area contributed by atoms with Gasteiger partial charge >= 0.3 is 0 Å². The molecule has 1 aliphatic rings. The smallest absolute Gasteiger partial charge is 0.123 e. The van der Waals surface area contributed by atoms with E-state index in [0.29, 0.717) is 0 Å². The molecule has 0 spiro atoms. The van der Waals surface area contributed by atoms with E-state index >= 15 is 0 Å². The van der Waals surface area contributed by atoms with E-state index in [0.717, 1.165) is 43.9 Å². The van der Waals surface area contributed by atoms with Gasteiger partial charge in [0.1, 0.15) is 5.82 Å². The van der Waals surface area contributed by atoms with E-state index in [-0.39, 0.29) is 5.82 Å². The predicted molar refractivity (Wildman–Crippen MR) is 80.0 cm³/mol. The van der Waals surface area contributed by atoms with Gasteiger partial charge in [-0.25, -0.2) is 4.39 Å². The van der Waals surface area contributed by atoms with Crippen molar-refractivity contribution in [1.29, 1.82) is 0 Å². The number of benzene rings is 2. The van der Waals surface area contributed by atoms with E-state index in [2.05, 4.69) is 34.5 Å². The lowest BCUT2D eigenvalue weighted by Gasteiger charge is -2.27. The number of rotatable bonds is 3. The zero-order valence-electron chi connectivity index (χ0n) is 11.5. The summed E-state index contributed by atoms with van der Waals surface area (Å²) >= 11 is 0. The van der Waals surface area contributed by atoms with Crippen LogP contribution in [-0.4, -0.2) is 31.1 Å². The zero-order chi connectivity index (χ0) is 13.8. The van der Waals surface area contributed by atoms with E-state index < -0.39 is 0 Å². The first kappa shape index (κ1) is 13.3. The first-order valence-electron chi connectivity index (χ1n) is 7.09. The highest BCUT2D eigenvalue weighted by Crippen LogP contribution is 2.21. The number of nitrogens with one attached hydrogen (secondary N) is 1. The Morgan fingerprint density at radius 3 is 2.45 bits per heavy atom. The molecule has 1 saturated heterocycles. The first-order chi connectivity index (χ1) is 9.81. The van der Waals surface area contributed by atoms with Crippen molar-refractivity contribution in [2.75, 3.05) is 26.2 Å². The maximum absolute atomic E-state index is 13.0. The van der Waals surface area contributed by atoms with Crippen molar-refractivity contribution in [2.45, 2.75) is 6.54 Å². The van der Waals surface area contributed by atoms with Gasteiger partial charge in [0, 0.05) is 32.7 Å². The van der Waals surface area contributed by atoms with Gasteiger partial charge in [0.25, 0.3) is 0 Å². The molecule has 0 radical (unpaired) electrons. The van der Waals surface area contributed by atoms with Crippen LogP contribution < -0.4 is 5.32 Å². The van der Waals surface area contributed by atoms with Gasteiger partial charge in [-0.05, 0) is 34.9 Å². The second-order valence-electron chi connectivity index (χ2n) is 5.23. The summed E-state index contributed by atoms with van der Waals surface area (Å²) in [5.74, 6) is -0.189. The van der Waals surface area contributed by atoms with Crippen molar-refractivity contribution in [3.63, 3.8) is 0 Å². The van der Waals surface area contributed by atoms with Crippen LogP contribution in [-0.2, 0) is 6.54 Å². The van der Waals surface area contributed by atoms with Crippen LogP contribution in [0, 0.1) is 5.82 Å². The molecular weight excluding hydrogens is 251 g/mol. The van der Waals surface area contributed by atoms with Gasteiger partial charge in [-0.15, -0.1) is 0 Å². The second kappa shape index (κ2) is 6.16. The Morgan fingerprint density at radius 1 is 0.950 bits per heavy atom. The summed E-state index contributed by atoms with van der Waals surface area (Å²) in [5.41, 5.74) is 3.53. The summed E-state index contributed by atoms with van der Waals surface area (Å²) < 4.78 is 13.0. The fourth-order valence-corrected chi connectivity index (χ4v) is 2.62. The minimum atomic E-state index is -0.189. The largest absolute Gasteiger partial charge is 0.314 e. The summed E-state index contributed by atoms with van der Waals surface area (Å²) in [7, 11) is 0. The Hall–Kier alpha value is -1.71. The predicted octanol–water partition coefficient (Wildman–Crippen LogP) is 2.90. The van der Waals surface area contributed by atoms with Crippen molar-refractivity contribution in [3.05, 3.63) is 59.9 Å². The van der Waals surface area contributed by atoms with Crippen LogP contribution in [0.2, 0.25) is 0 Å². The third kappa shape index (κ3) is 3.24. The van der Waals surface area contributed by atoms with Gasteiger partial charge < -0.3 is 5.32 Å². The fourth-order valence-electron chi connectivity index (χ4n) is 2.62. The van der Waals surface area contributed by atoms with Crippen LogP contribution in [0.5, 0.6) is 0 Å². The highest BCUT2D eigenvalue weighted by Gasteiger charge is 2.10. The Morgan fingerprint density at radius 2 is 1.70 bits per heavy atom. The monoisotopic (exact) mass is 270 g/mol. The lowest BCUT2D eigenvalue weighted by atomic mass is 10.0. The summed E-state index contributed by atoms with van der Waals surface area (Å²) in [6, 6.07) is 15.2. The molecule has 104 valence electrons. The maximum atomic E-state index is 13.0. The molecule has 0 amide bonds. The number of halogens is 1. The van der Waals surface area contributed by atoms with Crippen LogP contribution in [0.4, 0.5) is 4.39 Å². The molecule has 1 heterocycles. The van der Waals surface area contributed by atoms with Crippen LogP contribution in [0.1, 0.15) is 5.56 Å². The Kier molecular flexibility index (Phi) is 4.09. The lowest BCUT2D eigenvalue weighted by Crippen LogP contribution is -2.42. The van der Waals surface area contributed by atoms with Gasteiger partial charge in [-0.2, -0.15) is 0 Å². The molecule has 1 fully saturated rings. The average Bonchev–Trinajstić information content (AvgIpc) is 2.49. The maximum Gasteiger partial charge on any atom is 0.123 e. The van der Waals surface area contributed by atoms with Gasteiger partial charge in [-0.3, -0.25) is 4.90 Å². The van der Waals surface area contributed by atoms with E-state index in [4.69, 9.17) is 0 Å². The van der Waals surface area contributed by atoms with E-state index in [9.17, 15) is 4.39 Å². The molecule has 2 aromatic rings. The standard InChI is InChI=1S/C17H19FN2/c18-17-6-4-15(5-7-17)16-3-1-2-14(12-16)13-20-10-8-19-9-11-20/h1-7,12,19H,8-11,13H2. The number of piperazine rings is 1. The van der Waals surface area contributed by atoms with Gasteiger partial charge in [0.15, 0.2) is 0 Å². The van der Waals surface area contributed by atoms with Crippen LogP contribution >= 0.6 is 0 Å². The topological polar surface area (TPSA) is 15.3 Å². The Labute approximate surface area is 119 Å². The quantitative estimate of drug-likeness (QED) is 0.922. The minimum Gasteiger partial charge on any atom is -0.314 e. The lowest BCUT2D eigenvalue weighted by molar-refractivity contribution is 0.233. The summed E-state index contributed by atoms with van der Waals surface area (Å²) in [4.78, 5) is 2.46. The molecule has 3 rings (SSSR count). The van der Waals surface area contributed by atoms with E-state index in [1.807, 2.05) is 12.1 Å². The van der Waals surface area contributed by atoms with Crippen molar-refractivity contribution in [2.24, 2.45) is 0 Å². The van der Waals surface area contributed by atoms with E-state index in [1.165, 1.54) is 17.7 Å². The van der Waals surface area contributed by atoms with Crippen LogP contribution in [0.3, 0.4) is 0 Å². The molecule has 0 saturated carbocycles. The molecule has 20 heavy (non-hydrogen) atoms. The molecule has 2 nitrogen and oxygen atoms in total. The van der Waals surface area contributed by atoms with Crippen molar-refractivity contribution < 1.29 is 4.39 Å². The number of hydrogen-bond acceptors (Lipinski definition) is 2. The van der Waals surface area contributed by atoms with Crippen LogP contribution in [0.15, 0.2) is 48.5 Å². The molecule has 1 N–H and O–H groups in total. The van der Waals surface area contributed by atoms with Gasteiger partial charge in [-0.1, -0.05) is 30.3 Å². The molecule has 0 atom stereocenters. The van der Waals surface area contributed by atoms with E-state index in [1.54, 1.807) is 0 Å². The first-order valence-corrected chi connectivity index (χ1v) is 7.09. The van der Waals surface area contributed by atoms with Crippen LogP contribution in [0.25, 0.3) is 11.1 Å². The van der Waals surface area contributed by atoms with Gasteiger partial charge in [0.05, 0.1) is 0 Å². The Balaban J connectivity index is 1.76. The highest BCUT2D eigenvalue weighted by atomic mass is 19.1. The normalized spacial score (nSPS) is 16.2. The summed E-state index contributed by atoms with van der Waals surface area (Å²) in [6.45, 7) is 5.31. The zero-order valence-corrected chi connectivity index (χ0v) is 11.5. The third-order valence-electron chi connectivity index (χ3n) is 3.72. The fraction of sp³-hybridized carbons (Fsp3) is 0.294. The summed E-state index contributed by atoms with van der Waals surface area (Å²) in [6.07, 6.45) is 0. The molecular formula is C17H19FN2. The Bertz CT molecular complexity index is 559. The minimum absolute atomic E-state index is 0.189. The molecule has 3 heteroatoms. The molecule has 2 aromatic carbocycles. The molecule has 0 unspecified atom stereocenters. The third-order valence-corrected chi connectivity index (χ3v) is 3.72. The molecule has 0 aromatic heterocycles. The highest BCUT2D eigenvalue weighted by molar-refractivity contribution is 5.64. The second-order valence-corrected chi connectivity index (χ2v) is 5.23. The van der Waals surface area contributed by atoms with Crippen molar-refractivity contribution in [3.8, 4) is 11.1 Å². The summed E-state index contributed by atoms with van der Waals surface area (Å²) in [5, 5.41) is 3.37. The van der Waals surface area contributed by atoms with Crippen molar-refractivity contribution in [1.82, 2.24) is 10.2 Å². The SMILES string of the molecule is Fc1ccc(-c2cccc(CN3CCNCC3)c2)cc1. The number of hydrogen-bond donors (Lipinski definition) is 1. The molecule has 0 bridgehead atoms.